The van der Waals surface area contributed by atoms with E-state index in [0.717, 1.165) is 34.6 Å². The van der Waals surface area contributed by atoms with E-state index in [1.165, 1.54) is 38.3 Å². The first-order valence-electron chi connectivity index (χ1n) is 19.6. The zero-order valence-electron chi connectivity index (χ0n) is 35.1. The van der Waals surface area contributed by atoms with Crippen molar-refractivity contribution in [1.82, 2.24) is 15.5 Å². The van der Waals surface area contributed by atoms with E-state index in [1.54, 1.807) is 4.90 Å². The minimum absolute atomic E-state index is 0.0186. The number of ether oxygens (including phenoxy) is 8. The summed E-state index contributed by atoms with van der Waals surface area (Å²) >= 11 is 0. The number of allylic oxidation sites excluding steroid dienone is 2. The first kappa shape index (κ1) is 45.9. The lowest BCUT2D eigenvalue weighted by atomic mass is 9.82. The van der Waals surface area contributed by atoms with E-state index in [9.17, 15) is 48.3 Å². The standard InChI is InChI=1S/C40H47N5O18/c1-16-29(33(52)28-24(14-58-38(41)55)40(56-7)36-25(44-36)13-45(40)31(28)32(16)51)43-22-8-10-23(11-9-22)62-39(37(53)54)12-26(59-19(4)48)30(42-17(2)46)35(63-39)34(61-21(6)50)27(60-20(5)49)15-57-18(3)47/h8-11,24-27,30,34-36,43-44H,12-15H2,1-7H3,(H2,41,55)(H,42,46)(H,53,54)/p-1/t24-,25+,26+,27-,30-,34-,35-,36+,39-,40-/m1/s1. The predicted octanol–water partition coefficient (Wildman–Crippen LogP) is -2.02. The molecular weight excluding hydrogens is 838 g/mol. The second kappa shape index (κ2) is 17.6. The fourth-order valence-corrected chi connectivity index (χ4v) is 8.73. The van der Waals surface area contributed by atoms with Crippen LogP contribution >= 0.6 is 0 Å². The summed E-state index contributed by atoms with van der Waals surface area (Å²) in [6.07, 6.45) is -8.91. The van der Waals surface area contributed by atoms with Crippen molar-refractivity contribution in [2.24, 2.45) is 11.7 Å². The predicted molar refractivity (Wildman–Crippen MR) is 205 cm³/mol. The smallest absolute Gasteiger partial charge is 0.404 e. The maximum absolute atomic E-state index is 14.3. The third-order valence-electron chi connectivity index (χ3n) is 11.1. The molecular formula is C40H46N5O18-. The maximum Gasteiger partial charge on any atom is 0.404 e. The molecule has 340 valence electrons. The summed E-state index contributed by atoms with van der Waals surface area (Å²) in [4.78, 5) is 116. The Kier molecular flexibility index (Phi) is 12.9. The molecule has 0 saturated carbocycles. The van der Waals surface area contributed by atoms with E-state index in [2.05, 4.69) is 16.0 Å². The van der Waals surface area contributed by atoms with E-state index in [-0.39, 0.29) is 52.7 Å². The highest BCUT2D eigenvalue weighted by Crippen LogP contribution is 2.56. The molecule has 1 aliphatic carbocycles. The molecule has 3 saturated heterocycles. The molecule has 63 heavy (non-hydrogen) atoms. The minimum atomic E-state index is -2.90. The van der Waals surface area contributed by atoms with Crippen molar-refractivity contribution in [3.05, 3.63) is 46.8 Å². The zero-order valence-corrected chi connectivity index (χ0v) is 35.1. The maximum atomic E-state index is 14.3. The van der Waals surface area contributed by atoms with Gasteiger partial charge in [-0.2, -0.15) is 0 Å². The minimum Gasteiger partial charge on any atom is -0.543 e. The second-order valence-corrected chi connectivity index (χ2v) is 15.4. The number of carbonyl (C=O) groups excluding carboxylic acids is 9. The van der Waals surface area contributed by atoms with Crippen molar-refractivity contribution >= 4 is 59.1 Å². The van der Waals surface area contributed by atoms with Gasteiger partial charge in [0.05, 0.1) is 35.8 Å². The number of nitrogens with two attached hydrogens (primary N) is 1. The van der Waals surface area contributed by atoms with Crippen molar-refractivity contribution in [1.29, 1.82) is 0 Å². The molecule has 0 aromatic heterocycles. The Balaban J connectivity index is 1.31. The summed E-state index contributed by atoms with van der Waals surface area (Å²) in [5.74, 6) is -11.5. The molecule has 4 aliphatic heterocycles. The van der Waals surface area contributed by atoms with Crippen LogP contribution < -0.4 is 31.5 Å². The number of hydrogen-bond acceptors (Lipinski definition) is 21. The summed E-state index contributed by atoms with van der Waals surface area (Å²) in [6, 6.07) is 3.49. The summed E-state index contributed by atoms with van der Waals surface area (Å²) in [5, 5.41) is 21.9. The highest BCUT2D eigenvalue weighted by Gasteiger charge is 2.73. The molecule has 5 N–H and O–H groups in total. The van der Waals surface area contributed by atoms with Gasteiger partial charge in [0.25, 0.3) is 5.79 Å². The molecule has 2 amide bonds. The third-order valence-corrected chi connectivity index (χ3v) is 11.1. The molecule has 0 bridgehead atoms. The molecule has 0 unspecified atom stereocenters. The second-order valence-electron chi connectivity index (χ2n) is 15.4. The van der Waals surface area contributed by atoms with Crippen LogP contribution in [0.3, 0.4) is 0 Å². The molecule has 5 aliphatic rings. The Morgan fingerprint density at radius 2 is 1.62 bits per heavy atom. The molecule has 3 fully saturated rings. The summed E-state index contributed by atoms with van der Waals surface area (Å²) < 4.78 is 44.5. The monoisotopic (exact) mass is 884 g/mol. The van der Waals surface area contributed by atoms with Gasteiger partial charge in [-0.1, -0.05) is 0 Å². The van der Waals surface area contributed by atoms with Crippen molar-refractivity contribution in [2.45, 2.75) is 102 Å². The number of amides is 2. The zero-order chi connectivity index (χ0) is 46.3. The van der Waals surface area contributed by atoms with E-state index in [1.807, 2.05) is 0 Å². The number of Topliss-reactive ketones (excluding diaryl/α,β-unsaturated/α-hetero) is 2. The van der Waals surface area contributed by atoms with Crippen LogP contribution in [0.5, 0.6) is 5.75 Å². The molecule has 4 heterocycles. The lowest BCUT2D eigenvalue weighted by Crippen LogP contribution is -2.71. The number of hydrogen-bond donors (Lipinski definition) is 4. The SMILES string of the molecule is CO[C@@]12[C@H](COC(N)=O)C3=C(C(=O)C(C)=C(Nc4ccc(O[C@]5(C(=O)[O-])C[C@H](OC(C)=O)[C@@H](NC(C)=O)[C@H]([C@H](OC(C)=O)[C@@H](COC(C)=O)OC(C)=O)O5)cc4)C3=O)N1C[C@@H]1N[C@@H]12. The van der Waals surface area contributed by atoms with Crippen molar-refractivity contribution in [3.63, 3.8) is 0 Å². The number of ketones is 2. The fraction of sp³-hybridized carbons (Fsp3) is 0.525. The van der Waals surface area contributed by atoms with Crippen LogP contribution in [-0.2, 0) is 71.5 Å². The number of piperazine rings is 1. The van der Waals surface area contributed by atoms with E-state index < -0.39 is 114 Å². The van der Waals surface area contributed by atoms with Crippen LogP contribution in [0.4, 0.5) is 10.5 Å². The number of carboxylic acids is 1. The summed E-state index contributed by atoms with van der Waals surface area (Å²) in [7, 11) is 1.44. The topological polar surface area (TPSA) is 326 Å². The largest absolute Gasteiger partial charge is 0.543 e. The van der Waals surface area contributed by atoms with Gasteiger partial charge in [-0.3, -0.25) is 33.6 Å². The number of rotatable bonds is 16. The molecule has 10 atom stereocenters. The lowest BCUT2D eigenvalue weighted by Gasteiger charge is -2.50. The molecule has 0 radical (unpaired) electrons. The normalized spacial score (nSPS) is 29.0. The number of nitrogens with zero attached hydrogens (tertiary/aromatic N) is 1. The number of esters is 4. The van der Waals surface area contributed by atoms with Crippen LogP contribution in [0.25, 0.3) is 0 Å². The van der Waals surface area contributed by atoms with E-state index >= 15 is 0 Å². The van der Waals surface area contributed by atoms with Gasteiger partial charge in [0.15, 0.2) is 17.9 Å². The number of aliphatic carboxylic acids is 1. The van der Waals surface area contributed by atoms with Gasteiger partial charge in [0.1, 0.15) is 37.1 Å². The summed E-state index contributed by atoms with van der Waals surface area (Å²) in [6.45, 7) is 5.84. The van der Waals surface area contributed by atoms with Crippen molar-refractivity contribution in [3.8, 4) is 5.75 Å². The quantitative estimate of drug-likeness (QED) is 0.0602. The number of benzene rings is 1. The number of nitrogens with one attached hydrogen (secondary N) is 3. The first-order chi connectivity index (χ1) is 29.6. The molecule has 1 aromatic carbocycles. The van der Waals surface area contributed by atoms with Crippen molar-refractivity contribution < 1.29 is 86.2 Å². The molecule has 6 rings (SSSR count). The highest BCUT2D eigenvalue weighted by molar-refractivity contribution is 6.26. The Hall–Kier alpha value is -6.59. The lowest BCUT2D eigenvalue weighted by molar-refractivity contribution is -0.368. The van der Waals surface area contributed by atoms with Crippen LogP contribution in [0.1, 0.15) is 48.0 Å². The van der Waals surface area contributed by atoms with Gasteiger partial charge in [0, 0.05) is 71.1 Å². The number of primary amides is 1. The number of fused-ring (bicyclic) bond motifs is 4. The van der Waals surface area contributed by atoms with Gasteiger partial charge in [-0.05, 0) is 31.2 Å². The Morgan fingerprint density at radius 1 is 0.952 bits per heavy atom. The van der Waals surface area contributed by atoms with Crippen molar-refractivity contribution in [2.75, 3.05) is 32.2 Å². The highest BCUT2D eigenvalue weighted by atomic mass is 16.7. The molecule has 1 aromatic rings. The number of anilines is 1. The molecule has 23 nitrogen and oxygen atoms in total. The van der Waals surface area contributed by atoms with Gasteiger partial charge < -0.3 is 74.4 Å². The average Bonchev–Trinajstić information content (AvgIpc) is 3.81. The number of carbonyl (C=O) groups is 9. The van der Waals surface area contributed by atoms with E-state index in [4.69, 9.17) is 43.6 Å². The van der Waals surface area contributed by atoms with Gasteiger partial charge in [-0.25, -0.2) is 4.79 Å². The van der Waals surface area contributed by atoms with Gasteiger partial charge in [-0.15, -0.1) is 0 Å². The van der Waals surface area contributed by atoms with Gasteiger partial charge >= 0.3 is 30.0 Å². The van der Waals surface area contributed by atoms with Crippen LogP contribution in [0.2, 0.25) is 0 Å². The van der Waals surface area contributed by atoms with Crippen LogP contribution in [0, 0.1) is 5.92 Å². The Labute approximate surface area is 358 Å². The Morgan fingerprint density at radius 3 is 2.17 bits per heavy atom. The first-order valence-corrected chi connectivity index (χ1v) is 19.6. The average molecular weight is 885 g/mol. The number of methoxy groups -OCH3 is 1. The third kappa shape index (κ3) is 8.88. The Bertz CT molecular complexity index is 2190. The fourth-order valence-electron chi connectivity index (χ4n) is 8.73. The number of carboxylic acid groups (broad SMARTS) is 1. The van der Waals surface area contributed by atoms with Crippen LogP contribution in [-0.4, -0.2) is 139 Å². The molecule has 0 spiro atoms. The van der Waals surface area contributed by atoms with Gasteiger partial charge in [0.2, 0.25) is 17.5 Å². The van der Waals surface area contributed by atoms with E-state index in [0.29, 0.717) is 6.54 Å². The molecule has 23 heteroatoms. The van der Waals surface area contributed by atoms with Crippen LogP contribution in [0.15, 0.2) is 46.8 Å². The summed E-state index contributed by atoms with van der Waals surface area (Å²) in [5.41, 5.74) is 4.47.